The van der Waals surface area contributed by atoms with E-state index in [-0.39, 0.29) is 0 Å². The summed E-state index contributed by atoms with van der Waals surface area (Å²) in [6, 6.07) is 12.3. The number of piperazine rings is 1. The molecule has 2 fully saturated rings. The summed E-state index contributed by atoms with van der Waals surface area (Å²) >= 11 is 0. The molecule has 0 saturated carbocycles. The zero-order valence-corrected chi connectivity index (χ0v) is 13.3. The quantitative estimate of drug-likeness (QED) is 0.918. The van der Waals surface area contributed by atoms with Crippen molar-refractivity contribution in [1.29, 1.82) is 0 Å². The summed E-state index contributed by atoms with van der Waals surface area (Å²) in [5.41, 5.74) is 1.37. The Morgan fingerprint density at radius 2 is 1.86 bits per heavy atom. The molecule has 3 heteroatoms. The van der Waals surface area contributed by atoms with E-state index in [1.807, 2.05) is 0 Å². The topological polar surface area (TPSA) is 18.5 Å². The molecule has 0 aromatic heterocycles. The fourth-order valence-electron chi connectivity index (χ4n) is 3.75. The molecule has 0 radical (unpaired) electrons. The Hall–Kier alpha value is -1.06. The second kappa shape index (κ2) is 7.28. The van der Waals surface area contributed by atoms with E-state index in [1.54, 1.807) is 0 Å². The molecule has 2 saturated heterocycles. The van der Waals surface area contributed by atoms with Gasteiger partial charge in [-0.25, -0.2) is 0 Å². The minimum absolute atomic E-state index is 0.707. The first kappa shape index (κ1) is 14.9. The van der Waals surface area contributed by atoms with Gasteiger partial charge in [0.1, 0.15) is 0 Å². The standard InChI is InChI=1S/C18H29N3/c1-16(15-17-7-5-6-10-19-17)20-11-13-21(14-12-20)18-8-3-2-4-9-18/h2-4,8-9,16-17,19H,5-7,10-15H2,1H3. The minimum Gasteiger partial charge on any atom is -0.369 e. The first-order chi connectivity index (χ1) is 10.3. The largest absolute Gasteiger partial charge is 0.369 e. The molecule has 2 atom stereocenters. The highest BCUT2D eigenvalue weighted by Gasteiger charge is 2.24. The monoisotopic (exact) mass is 287 g/mol. The first-order valence-corrected chi connectivity index (χ1v) is 8.60. The SMILES string of the molecule is CC(CC1CCCCN1)N1CCN(c2ccccc2)CC1. The second-order valence-corrected chi connectivity index (χ2v) is 6.59. The van der Waals surface area contributed by atoms with Crippen LogP contribution in [0.5, 0.6) is 0 Å². The van der Waals surface area contributed by atoms with Crippen LogP contribution in [0.25, 0.3) is 0 Å². The highest BCUT2D eigenvalue weighted by molar-refractivity contribution is 5.46. The number of anilines is 1. The minimum atomic E-state index is 0.707. The average Bonchev–Trinajstić information content (AvgIpc) is 2.57. The third kappa shape index (κ3) is 3.98. The molecule has 1 aromatic rings. The van der Waals surface area contributed by atoms with Gasteiger partial charge in [-0.15, -0.1) is 0 Å². The zero-order valence-electron chi connectivity index (χ0n) is 13.3. The van der Waals surface area contributed by atoms with Gasteiger partial charge in [0.15, 0.2) is 0 Å². The number of hydrogen-bond donors (Lipinski definition) is 1. The van der Waals surface area contributed by atoms with Gasteiger partial charge in [0, 0.05) is 44.0 Å². The molecule has 0 aliphatic carbocycles. The summed E-state index contributed by atoms with van der Waals surface area (Å²) in [6.45, 7) is 8.35. The Bertz CT molecular complexity index is 406. The van der Waals surface area contributed by atoms with Crippen molar-refractivity contribution in [2.24, 2.45) is 0 Å². The molecule has 0 bridgehead atoms. The van der Waals surface area contributed by atoms with Gasteiger partial charge in [-0.3, -0.25) is 4.90 Å². The lowest BCUT2D eigenvalue weighted by molar-refractivity contribution is 0.170. The van der Waals surface area contributed by atoms with Gasteiger partial charge in [0.25, 0.3) is 0 Å². The summed E-state index contributed by atoms with van der Waals surface area (Å²) in [6.07, 6.45) is 5.45. The Kier molecular flexibility index (Phi) is 5.15. The van der Waals surface area contributed by atoms with Crippen molar-refractivity contribution in [2.45, 2.75) is 44.7 Å². The van der Waals surface area contributed by atoms with Crippen molar-refractivity contribution >= 4 is 5.69 Å². The number of benzene rings is 1. The van der Waals surface area contributed by atoms with E-state index in [9.17, 15) is 0 Å². The lowest BCUT2D eigenvalue weighted by atomic mass is 9.98. The predicted molar refractivity (Wildman–Crippen MR) is 89.9 cm³/mol. The van der Waals surface area contributed by atoms with E-state index >= 15 is 0 Å². The number of nitrogens with one attached hydrogen (secondary N) is 1. The average molecular weight is 287 g/mol. The van der Waals surface area contributed by atoms with E-state index in [4.69, 9.17) is 0 Å². The zero-order chi connectivity index (χ0) is 14.5. The van der Waals surface area contributed by atoms with Crippen LogP contribution < -0.4 is 10.2 Å². The number of para-hydroxylation sites is 1. The molecule has 21 heavy (non-hydrogen) atoms. The molecule has 116 valence electrons. The summed E-state index contributed by atoms with van der Waals surface area (Å²) in [5, 5.41) is 3.69. The molecule has 2 heterocycles. The molecular weight excluding hydrogens is 258 g/mol. The summed E-state index contributed by atoms with van der Waals surface area (Å²) in [7, 11) is 0. The molecule has 2 aliphatic heterocycles. The maximum atomic E-state index is 3.69. The number of hydrogen-bond acceptors (Lipinski definition) is 3. The van der Waals surface area contributed by atoms with E-state index in [1.165, 1.54) is 51.0 Å². The van der Waals surface area contributed by atoms with Crippen molar-refractivity contribution in [3.8, 4) is 0 Å². The molecule has 1 aromatic carbocycles. The smallest absolute Gasteiger partial charge is 0.0367 e. The first-order valence-electron chi connectivity index (χ1n) is 8.60. The van der Waals surface area contributed by atoms with Crippen LogP contribution in [0, 0.1) is 0 Å². The van der Waals surface area contributed by atoms with Crippen molar-refractivity contribution in [3.63, 3.8) is 0 Å². The van der Waals surface area contributed by atoms with E-state index < -0.39 is 0 Å². The molecule has 3 nitrogen and oxygen atoms in total. The van der Waals surface area contributed by atoms with Crippen molar-refractivity contribution in [1.82, 2.24) is 10.2 Å². The number of piperidine rings is 1. The Labute approximate surface area is 129 Å². The van der Waals surface area contributed by atoms with E-state index in [0.29, 0.717) is 6.04 Å². The normalized spacial score (nSPS) is 25.8. The van der Waals surface area contributed by atoms with Crippen LogP contribution in [0.3, 0.4) is 0 Å². The van der Waals surface area contributed by atoms with Crippen LogP contribution in [-0.4, -0.2) is 49.7 Å². The summed E-state index contributed by atoms with van der Waals surface area (Å²) in [4.78, 5) is 5.19. The maximum Gasteiger partial charge on any atom is 0.0367 e. The molecule has 1 N–H and O–H groups in total. The molecular formula is C18H29N3. The van der Waals surface area contributed by atoms with Gasteiger partial charge in [-0.1, -0.05) is 24.6 Å². The van der Waals surface area contributed by atoms with Gasteiger partial charge >= 0.3 is 0 Å². The molecule has 2 aliphatic rings. The van der Waals surface area contributed by atoms with Crippen molar-refractivity contribution in [3.05, 3.63) is 30.3 Å². The van der Waals surface area contributed by atoms with Gasteiger partial charge in [0.05, 0.1) is 0 Å². The van der Waals surface area contributed by atoms with Crippen LogP contribution in [0.1, 0.15) is 32.6 Å². The molecule has 2 unspecified atom stereocenters. The van der Waals surface area contributed by atoms with E-state index in [0.717, 1.165) is 19.1 Å². The third-order valence-corrected chi connectivity index (χ3v) is 5.10. The Morgan fingerprint density at radius 3 is 2.52 bits per heavy atom. The van der Waals surface area contributed by atoms with Gasteiger partial charge in [0.2, 0.25) is 0 Å². The number of nitrogens with zero attached hydrogens (tertiary/aromatic N) is 2. The fraction of sp³-hybridized carbons (Fsp3) is 0.667. The predicted octanol–water partition coefficient (Wildman–Crippen LogP) is 2.73. The molecule has 3 rings (SSSR count). The summed E-state index contributed by atoms with van der Waals surface area (Å²) < 4.78 is 0. The lowest BCUT2D eigenvalue weighted by Gasteiger charge is -2.40. The fourth-order valence-corrected chi connectivity index (χ4v) is 3.75. The van der Waals surface area contributed by atoms with Crippen LogP contribution in [0.15, 0.2) is 30.3 Å². The van der Waals surface area contributed by atoms with Crippen molar-refractivity contribution < 1.29 is 0 Å². The summed E-state index contributed by atoms with van der Waals surface area (Å²) in [5.74, 6) is 0. The highest BCUT2D eigenvalue weighted by atomic mass is 15.3. The molecule has 0 amide bonds. The highest BCUT2D eigenvalue weighted by Crippen LogP contribution is 2.19. The lowest BCUT2D eigenvalue weighted by Crippen LogP contribution is -2.51. The number of rotatable bonds is 4. The second-order valence-electron chi connectivity index (χ2n) is 6.59. The van der Waals surface area contributed by atoms with Crippen LogP contribution in [-0.2, 0) is 0 Å². The van der Waals surface area contributed by atoms with Gasteiger partial charge in [-0.2, -0.15) is 0 Å². The van der Waals surface area contributed by atoms with Gasteiger partial charge < -0.3 is 10.2 Å². The van der Waals surface area contributed by atoms with Crippen LogP contribution in [0.2, 0.25) is 0 Å². The van der Waals surface area contributed by atoms with Gasteiger partial charge in [-0.05, 0) is 44.9 Å². The maximum absolute atomic E-state index is 3.69. The molecule has 0 spiro atoms. The van der Waals surface area contributed by atoms with Crippen molar-refractivity contribution in [2.75, 3.05) is 37.6 Å². The Morgan fingerprint density at radius 1 is 1.10 bits per heavy atom. The van der Waals surface area contributed by atoms with Crippen LogP contribution >= 0.6 is 0 Å². The Balaban J connectivity index is 1.46. The van der Waals surface area contributed by atoms with Crippen LogP contribution in [0.4, 0.5) is 5.69 Å². The van der Waals surface area contributed by atoms with E-state index in [2.05, 4.69) is 52.4 Å². The third-order valence-electron chi connectivity index (χ3n) is 5.10.